The number of halogens is 1. The fourth-order valence-corrected chi connectivity index (χ4v) is 4.38. The number of hydrogen-bond acceptors (Lipinski definition) is 3. The lowest BCUT2D eigenvalue weighted by molar-refractivity contribution is 0.0933. The second kappa shape index (κ2) is 6.11. The zero-order chi connectivity index (χ0) is 16.7. The summed E-state index contributed by atoms with van der Waals surface area (Å²) in [6.45, 7) is 0. The Labute approximate surface area is 148 Å². The maximum absolute atomic E-state index is 12.8. The van der Waals surface area contributed by atoms with Crippen LogP contribution in [0.15, 0.2) is 30.7 Å². The lowest BCUT2D eigenvalue weighted by Gasteiger charge is -2.23. The molecule has 1 aliphatic carbocycles. The van der Waals surface area contributed by atoms with Gasteiger partial charge in [-0.15, -0.1) is 11.3 Å². The normalized spacial score (nSPS) is 16.8. The van der Waals surface area contributed by atoms with Crippen molar-refractivity contribution < 1.29 is 4.79 Å². The molecule has 124 valence electrons. The number of thiophene rings is 1. The minimum atomic E-state index is -0.0718. The first-order valence-electron chi connectivity index (χ1n) is 7.87. The van der Waals surface area contributed by atoms with Gasteiger partial charge in [-0.3, -0.25) is 9.48 Å². The molecule has 1 aliphatic rings. The van der Waals surface area contributed by atoms with Crippen molar-refractivity contribution in [3.8, 4) is 10.4 Å². The summed E-state index contributed by atoms with van der Waals surface area (Å²) in [7, 11) is 1.95. The Morgan fingerprint density at radius 3 is 3.12 bits per heavy atom. The molecule has 3 heterocycles. The number of aromatic amines is 1. The van der Waals surface area contributed by atoms with Crippen molar-refractivity contribution in [2.45, 2.75) is 25.3 Å². The van der Waals surface area contributed by atoms with Gasteiger partial charge in [0.1, 0.15) is 0 Å². The Balaban J connectivity index is 1.59. The molecule has 4 rings (SSSR count). The van der Waals surface area contributed by atoms with Gasteiger partial charge in [0.05, 0.1) is 22.1 Å². The summed E-state index contributed by atoms with van der Waals surface area (Å²) in [4.78, 5) is 16.8. The quantitative estimate of drug-likeness (QED) is 0.743. The van der Waals surface area contributed by atoms with Crippen LogP contribution < -0.4 is 5.32 Å². The molecule has 1 atom stereocenters. The molecule has 1 unspecified atom stereocenters. The summed E-state index contributed by atoms with van der Waals surface area (Å²) < 4.78 is 2.62. The highest BCUT2D eigenvalue weighted by atomic mass is 35.5. The number of carbonyl (C=O) groups excluding carboxylic acids is 1. The van der Waals surface area contributed by atoms with E-state index < -0.39 is 0 Å². The molecule has 3 aromatic heterocycles. The third-order valence-corrected chi connectivity index (χ3v) is 5.77. The molecule has 3 aromatic rings. The monoisotopic (exact) mass is 360 g/mol. The van der Waals surface area contributed by atoms with Gasteiger partial charge in [0.15, 0.2) is 0 Å². The lowest BCUT2D eigenvalue weighted by Crippen LogP contribution is -2.31. The fourth-order valence-electron chi connectivity index (χ4n) is 3.31. The van der Waals surface area contributed by atoms with Crippen LogP contribution in [-0.2, 0) is 13.5 Å². The molecule has 0 bridgehead atoms. The molecule has 0 saturated heterocycles. The van der Waals surface area contributed by atoms with E-state index in [0.717, 1.165) is 35.3 Å². The zero-order valence-corrected chi connectivity index (χ0v) is 14.7. The lowest BCUT2D eigenvalue weighted by atomic mass is 9.92. The number of nitrogens with one attached hydrogen (secondary N) is 2. The van der Waals surface area contributed by atoms with Crippen molar-refractivity contribution in [1.82, 2.24) is 20.1 Å². The van der Waals surface area contributed by atoms with Crippen LogP contribution in [0, 0.1) is 0 Å². The van der Waals surface area contributed by atoms with Gasteiger partial charge in [-0.05, 0) is 31.4 Å². The third kappa shape index (κ3) is 2.65. The van der Waals surface area contributed by atoms with E-state index in [2.05, 4.69) is 15.4 Å². The highest BCUT2D eigenvalue weighted by Gasteiger charge is 2.26. The van der Waals surface area contributed by atoms with Crippen LogP contribution in [0.2, 0.25) is 4.34 Å². The van der Waals surface area contributed by atoms with E-state index in [0.29, 0.717) is 9.90 Å². The van der Waals surface area contributed by atoms with E-state index in [9.17, 15) is 4.79 Å². The number of amides is 1. The van der Waals surface area contributed by atoms with E-state index in [4.69, 9.17) is 11.6 Å². The second-order valence-electron chi connectivity index (χ2n) is 5.97. The number of fused-ring (bicyclic) bond motifs is 1. The van der Waals surface area contributed by atoms with Gasteiger partial charge in [-0.2, -0.15) is 5.10 Å². The van der Waals surface area contributed by atoms with Crippen LogP contribution in [0.5, 0.6) is 0 Å². The molecule has 0 radical (unpaired) electrons. The Bertz CT molecular complexity index is 894. The standard InChI is InChI=1S/C17H17ClN4OS/c1-22-14-4-2-3-13(12(14)9-20-22)21-17(23)11-8-19-7-10(11)15-5-6-16(18)24-15/h5-9,13,19H,2-4H2,1H3,(H,21,23). The number of rotatable bonds is 3. The topological polar surface area (TPSA) is 62.7 Å². The molecule has 7 heteroatoms. The Kier molecular flexibility index (Phi) is 3.94. The van der Waals surface area contributed by atoms with Gasteiger partial charge in [-0.1, -0.05) is 11.6 Å². The Hall–Kier alpha value is -2.05. The van der Waals surface area contributed by atoms with Crippen LogP contribution in [0.25, 0.3) is 10.4 Å². The molecule has 0 fully saturated rings. The molecule has 0 aromatic carbocycles. The summed E-state index contributed by atoms with van der Waals surface area (Å²) >= 11 is 7.49. The van der Waals surface area contributed by atoms with Gasteiger partial charge in [0.2, 0.25) is 0 Å². The fraction of sp³-hybridized carbons (Fsp3) is 0.294. The van der Waals surface area contributed by atoms with Gasteiger partial charge >= 0.3 is 0 Å². The zero-order valence-electron chi connectivity index (χ0n) is 13.2. The van der Waals surface area contributed by atoms with E-state index in [1.54, 1.807) is 6.20 Å². The average Bonchev–Trinajstić information content (AvgIpc) is 3.28. The minimum Gasteiger partial charge on any atom is -0.366 e. The summed E-state index contributed by atoms with van der Waals surface area (Å²) in [5, 5.41) is 7.50. The van der Waals surface area contributed by atoms with Gasteiger partial charge in [-0.25, -0.2) is 0 Å². The van der Waals surface area contributed by atoms with Crippen LogP contribution >= 0.6 is 22.9 Å². The minimum absolute atomic E-state index is 0.0182. The Morgan fingerprint density at radius 2 is 2.33 bits per heavy atom. The summed E-state index contributed by atoms with van der Waals surface area (Å²) in [5.41, 5.74) is 3.87. The first kappa shape index (κ1) is 15.5. The van der Waals surface area contributed by atoms with E-state index >= 15 is 0 Å². The van der Waals surface area contributed by atoms with Crippen LogP contribution in [-0.4, -0.2) is 20.7 Å². The largest absolute Gasteiger partial charge is 0.366 e. The van der Waals surface area contributed by atoms with Gasteiger partial charge < -0.3 is 10.3 Å². The molecule has 2 N–H and O–H groups in total. The van der Waals surface area contributed by atoms with Crippen molar-refractivity contribution in [1.29, 1.82) is 0 Å². The third-order valence-electron chi connectivity index (χ3n) is 4.51. The maximum Gasteiger partial charge on any atom is 0.253 e. The Morgan fingerprint density at radius 1 is 1.46 bits per heavy atom. The van der Waals surface area contributed by atoms with E-state index in [1.165, 1.54) is 17.0 Å². The van der Waals surface area contributed by atoms with Crippen LogP contribution in [0.1, 0.15) is 40.5 Å². The summed E-state index contributed by atoms with van der Waals surface area (Å²) in [6.07, 6.45) is 8.46. The van der Waals surface area contributed by atoms with Crippen molar-refractivity contribution in [2.24, 2.45) is 7.05 Å². The maximum atomic E-state index is 12.8. The number of aryl methyl sites for hydroxylation is 1. The molecule has 1 amide bonds. The van der Waals surface area contributed by atoms with Crippen LogP contribution in [0.4, 0.5) is 0 Å². The number of aromatic nitrogens is 3. The molecule has 0 spiro atoms. The first-order valence-corrected chi connectivity index (χ1v) is 9.07. The molecule has 0 saturated carbocycles. The molecular formula is C17H17ClN4OS. The highest BCUT2D eigenvalue weighted by Crippen LogP contribution is 2.34. The van der Waals surface area contributed by atoms with E-state index in [-0.39, 0.29) is 11.9 Å². The highest BCUT2D eigenvalue weighted by molar-refractivity contribution is 7.19. The molecule has 5 nitrogen and oxygen atoms in total. The second-order valence-corrected chi connectivity index (χ2v) is 7.69. The van der Waals surface area contributed by atoms with Gasteiger partial charge in [0.25, 0.3) is 5.91 Å². The predicted molar refractivity (Wildman–Crippen MR) is 95.5 cm³/mol. The number of hydrogen-bond donors (Lipinski definition) is 2. The van der Waals surface area contributed by atoms with Crippen LogP contribution in [0.3, 0.4) is 0 Å². The van der Waals surface area contributed by atoms with Crippen molar-refractivity contribution in [3.63, 3.8) is 0 Å². The van der Waals surface area contributed by atoms with Gasteiger partial charge in [0, 0.05) is 41.1 Å². The number of carbonyl (C=O) groups is 1. The number of nitrogens with zero attached hydrogens (tertiary/aromatic N) is 2. The van der Waals surface area contributed by atoms with Crippen molar-refractivity contribution >= 4 is 28.8 Å². The first-order chi connectivity index (χ1) is 11.6. The average molecular weight is 361 g/mol. The number of H-pyrrole nitrogens is 1. The predicted octanol–water partition coefficient (Wildman–Crippen LogP) is 3.94. The molecule has 0 aliphatic heterocycles. The van der Waals surface area contributed by atoms with E-state index in [1.807, 2.05) is 36.3 Å². The molecular weight excluding hydrogens is 344 g/mol. The smallest absolute Gasteiger partial charge is 0.253 e. The summed E-state index contributed by atoms with van der Waals surface area (Å²) in [5.74, 6) is -0.0718. The van der Waals surface area contributed by atoms with Crippen molar-refractivity contribution in [2.75, 3.05) is 0 Å². The summed E-state index contributed by atoms with van der Waals surface area (Å²) in [6, 6.07) is 3.80. The van der Waals surface area contributed by atoms with Crippen molar-refractivity contribution in [3.05, 3.63) is 51.9 Å². The SMILES string of the molecule is Cn1ncc2c1CCCC2NC(=O)c1c[nH]cc1-c1ccc(Cl)s1. The molecule has 24 heavy (non-hydrogen) atoms.